The van der Waals surface area contributed by atoms with Gasteiger partial charge in [0, 0.05) is 22.9 Å². The number of anilines is 2. The van der Waals surface area contributed by atoms with E-state index in [9.17, 15) is 4.79 Å². The van der Waals surface area contributed by atoms with Crippen LogP contribution in [0.5, 0.6) is 11.5 Å². The number of amides is 1. The van der Waals surface area contributed by atoms with Crippen molar-refractivity contribution in [1.82, 2.24) is 0 Å². The molecule has 0 aliphatic carbocycles. The second-order valence-electron chi connectivity index (χ2n) is 6.76. The first-order chi connectivity index (χ1) is 14.9. The van der Waals surface area contributed by atoms with Gasteiger partial charge in [0.25, 0.3) is 5.91 Å². The lowest BCUT2D eigenvalue weighted by atomic mass is 10.1. The van der Waals surface area contributed by atoms with E-state index in [1.54, 1.807) is 31.4 Å². The van der Waals surface area contributed by atoms with Gasteiger partial charge in [0.05, 0.1) is 17.2 Å². The highest BCUT2D eigenvalue weighted by atomic mass is 35.5. The van der Waals surface area contributed by atoms with E-state index in [-0.39, 0.29) is 12.5 Å². The van der Waals surface area contributed by atoms with E-state index in [1.807, 2.05) is 37.3 Å². The number of aryl methyl sites for hydroxylation is 1. The molecule has 3 aromatic rings. The van der Waals surface area contributed by atoms with Gasteiger partial charge in [-0.05, 0) is 60.5 Å². The van der Waals surface area contributed by atoms with Gasteiger partial charge in [-0.2, -0.15) is 0 Å². The Morgan fingerprint density at radius 3 is 2.48 bits per heavy atom. The molecule has 0 bridgehead atoms. The molecule has 162 valence electrons. The SMILES string of the molecule is COc1cc(CNc2cc(Cl)ccc2C)ccc1OCC(=O)Nc1ccc(Cl)c(Cl)c1. The molecule has 0 unspecified atom stereocenters. The molecule has 0 spiro atoms. The van der Waals surface area contributed by atoms with Gasteiger partial charge in [0.2, 0.25) is 0 Å². The summed E-state index contributed by atoms with van der Waals surface area (Å²) in [4.78, 5) is 12.2. The average Bonchev–Trinajstić information content (AvgIpc) is 2.75. The largest absolute Gasteiger partial charge is 0.493 e. The van der Waals surface area contributed by atoms with E-state index >= 15 is 0 Å². The zero-order chi connectivity index (χ0) is 22.4. The Bertz CT molecular complexity index is 1090. The zero-order valence-electron chi connectivity index (χ0n) is 17.0. The Morgan fingerprint density at radius 2 is 1.74 bits per heavy atom. The summed E-state index contributed by atoms with van der Waals surface area (Å²) in [5, 5.41) is 7.52. The van der Waals surface area contributed by atoms with Crippen LogP contribution < -0.4 is 20.1 Å². The minimum Gasteiger partial charge on any atom is -0.493 e. The number of methoxy groups -OCH3 is 1. The zero-order valence-corrected chi connectivity index (χ0v) is 19.2. The highest BCUT2D eigenvalue weighted by molar-refractivity contribution is 6.42. The predicted octanol–water partition coefficient (Wildman–Crippen LogP) is 6.59. The first kappa shape index (κ1) is 23.1. The smallest absolute Gasteiger partial charge is 0.262 e. The quantitative estimate of drug-likeness (QED) is 0.382. The summed E-state index contributed by atoms with van der Waals surface area (Å²) in [6.45, 7) is 2.41. The topological polar surface area (TPSA) is 59.6 Å². The lowest BCUT2D eigenvalue weighted by Crippen LogP contribution is -2.20. The van der Waals surface area contributed by atoms with Gasteiger partial charge >= 0.3 is 0 Å². The van der Waals surface area contributed by atoms with E-state index < -0.39 is 0 Å². The van der Waals surface area contributed by atoms with Crippen LogP contribution >= 0.6 is 34.8 Å². The summed E-state index contributed by atoms with van der Waals surface area (Å²) in [6.07, 6.45) is 0. The van der Waals surface area contributed by atoms with Crippen molar-refractivity contribution in [2.24, 2.45) is 0 Å². The molecule has 0 aromatic heterocycles. The first-order valence-electron chi connectivity index (χ1n) is 9.40. The van der Waals surface area contributed by atoms with Crippen molar-refractivity contribution in [1.29, 1.82) is 0 Å². The minimum atomic E-state index is -0.331. The first-order valence-corrected chi connectivity index (χ1v) is 10.5. The van der Waals surface area contributed by atoms with E-state index in [1.165, 1.54) is 0 Å². The van der Waals surface area contributed by atoms with Crippen molar-refractivity contribution in [3.8, 4) is 11.5 Å². The van der Waals surface area contributed by atoms with Crippen LogP contribution in [0.2, 0.25) is 15.1 Å². The fourth-order valence-electron chi connectivity index (χ4n) is 2.84. The number of carbonyl (C=O) groups excluding carboxylic acids is 1. The van der Waals surface area contributed by atoms with Crippen molar-refractivity contribution in [3.63, 3.8) is 0 Å². The van der Waals surface area contributed by atoms with Crippen molar-refractivity contribution in [3.05, 3.63) is 80.8 Å². The molecule has 8 heteroatoms. The average molecular weight is 480 g/mol. The Morgan fingerprint density at radius 1 is 0.935 bits per heavy atom. The van der Waals surface area contributed by atoms with Crippen molar-refractivity contribution in [2.45, 2.75) is 13.5 Å². The van der Waals surface area contributed by atoms with Crippen molar-refractivity contribution >= 4 is 52.1 Å². The maximum atomic E-state index is 12.2. The van der Waals surface area contributed by atoms with Crippen LogP contribution in [0.4, 0.5) is 11.4 Å². The number of nitrogens with one attached hydrogen (secondary N) is 2. The summed E-state index contributed by atoms with van der Waals surface area (Å²) in [7, 11) is 1.55. The Kier molecular flexibility index (Phi) is 7.91. The van der Waals surface area contributed by atoms with Gasteiger partial charge in [0.15, 0.2) is 18.1 Å². The number of hydrogen-bond donors (Lipinski definition) is 2. The maximum Gasteiger partial charge on any atom is 0.262 e. The molecule has 0 heterocycles. The van der Waals surface area contributed by atoms with Crippen LogP contribution in [-0.4, -0.2) is 19.6 Å². The van der Waals surface area contributed by atoms with Gasteiger partial charge < -0.3 is 20.1 Å². The molecule has 0 saturated heterocycles. The third-order valence-electron chi connectivity index (χ3n) is 4.47. The minimum absolute atomic E-state index is 0.185. The molecule has 0 aliphatic rings. The van der Waals surface area contributed by atoms with Crippen LogP contribution in [0, 0.1) is 6.92 Å². The van der Waals surface area contributed by atoms with E-state index in [2.05, 4.69) is 10.6 Å². The number of ether oxygens (including phenoxy) is 2. The number of rotatable bonds is 8. The maximum absolute atomic E-state index is 12.2. The fourth-order valence-corrected chi connectivity index (χ4v) is 3.31. The standard InChI is InChI=1S/C23H21Cl3N2O3/c1-14-3-5-16(24)10-20(14)27-12-15-4-8-21(22(9-15)30-2)31-13-23(29)28-17-6-7-18(25)19(26)11-17/h3-11,27H,12-13H2,1-2H3,(H,28,29). The van der Waals surface area contributed by atoms with Crippen LogP contribution in [0.1, 0.15) is 11.1 Å². The number of carbonyl (C=O) groups is 1. The number of benzene rings is 3. The van der Waals surface area contributed by atoms with E-state index in [0.29, 0.717) is 38.8 Å². The lowest BCUT2D eigenvalue weighted by molar-refractivity contribution is -0.118. The summed E-state index contributed by atoms with van der Waals surface area (Å²) in [5.41, 5.74) is 3.59. The summed E-state index contributed by atoms with van der Waals surface area (Å²) >= 11 is 17.9. The molecule has 3 aromatic carbocycles. The normalized spacial score (nSPS) is 10.5. The predicted molar refractivity (Wildman–Crippen MR) is 127 cm³/mol. The molecule has 3 rings (SSSR count). The van der Waals surface area contributed by atoms with Crippen LogP contribution in [0.3, 0.4) is 0 Å². The lowest BCUT2D eigenvalue weighted by Gasteiger charge is -2.14. The summed E-state index contributed by atoms with van der Waals surface area (Å²) in [5.74, 6) is 0.668. The van der Waals surface area contributed by atoms with Gasteiger partial charge in [0.1, 0.15) is 0 Å². The molecule has 0 fully saturated rings. The molecule has 0 saturated carbocycles. The van der Waals surface area contributed by atoms with Crippen LogP contribution in [0.15, 0.2) is 54.6 Å². The Hall–Kier alpha value is -2.60. The number of halogens is 3. The third-order valence-corrected chi connectivity index (χ3v) is 5.45. The Labute approximate surface area is 196 Å². The molecule has 0 radical (unpaired) electrons. The number of hydrogen-bond acceptors (Lipinski definition) is 4. The van der Waals surface area contributed by atoms with Crippen molar-refractivity contribution in [2.75, 3.05) is 24.4 Å². The second-order valence-corrected chi connectivity index (χ2v) is 8.01. The fraction of sp³-hybridized carbons (Fsp3) is 0.174. The second kappa shape index (κ2) is 10.6. The van der Waals surface area contributed by atoms with E-state index in [4.69, 9.17) is 44.3 Å². The summed E-state index contributed by atoms with van der Waals surface area (Å²) in [6, 6.07) is 16.1. The van der Waals surface area contributed by atoms with Gasteiger partial charge in [-0.3, -0.25) is 4.79 Å². The van der Waals surface area contributed by atoms with Crippen LogP contribution in [-0.2, 0) is 11.3 Å². The third kappa shape index (κ3) is 6.44. The Balaban J connectivity index is 1.59. The molecular weight excluding hydrogens is 459 g/mol. The van der Waals surface area contributed by atoms with Crippen LogP contribution in [0.25, 0.3) is 0 Å². The highest BCUT2D eigenvalue weighted by Gasteiger charge is 2.10. The van der Waals surface area contributed by atoms with Gasteiger partial charge in [-0.15, -0.1) is 0 Å². The highest BCUT2D eigenvalue weighted by Crippen LogP contribution is 2.29. The molecule has 0 atom stereocenters. The molecule has 0 aliphatic heterocycles. The summed E-state index contributed by atoms with van der Waals surface area (Å²) < 4.78 is 11.1. The van der Waals surface area contributed by atoms with E-state index in [0.717, 1.165) is 16.8 Å². The van der Waals surface area contributed by atoms with Gasteiger partial charge in [-0.25, -0.2) is 0 Å². The molecule has 31 heavy (non-hydrogen) atoms. The van der Waals surface area contributed by atoms with Crippen molar-refractivity contribution < 1.29 is 14.3 Å². The molecule has 2 N–H and O–H groups in total. The monoisotopic (exact) mass is 478 g/mol. The molecule has 1 amide bonds. The molecule has 5 nitrogen and oxygen atoms in total. The molecular formula is C23H21Cl3N2O3. The van der Waals surface area contributed by atoms with Gasteiger partial charge in [-0.1, -0.05) is 46.9 Å².